The highest BCUT2D eigenvalue weighted by Gasteiger charge is 2.29. The average Bonchev–Trinajstić information content (AvgIpc) is 2.67. The maximum atomic E-state index is 12.4. The normalized spacial score (nSPS) is 23.1. The minimum absolute atomic E-state index is 0.00972. The lowest BCUT2D eigenvalue weighted by molar-refractivity contribution is -0.121. The zero-order valence-corrected chi connectivity index (χ0v) is 12.9. The van der Waals surface area contributed by atoms with Gasteiger partial charge in [-0.05, 0) is 40.5 Å². The first kappa shape index (κ1) is 15.0. The van der Waals surface area contributed by atoms with Crippen LogP contribution in [0.15, 0.2) is 0 Å². The van der Waals surface area contributed by atoms with Crippen molar-refractivity contribution >= 4 is 11.6 Å². The third kappa shape index (κ3) is 2.87. The van der Waals surface area contributed by atoms with Gasteiger partial charge in [0.2, 0.25) is 5.91 Å². The highest BCUT2D eigenvalue weighted by Crippen LogP contribution is 2.27. The molecule has 1 amide bonds. The summed E-state index contributed by atoms with van der Waals surface area (Å²) < 4.78 is 1.95. The maximum absolute atomic E-state index is 12.4. The van der Waals surface area contributed by atoms with Gasteiger partial charge in [0.1, 0.15) is 0 Å². The molecule has 112 valence electrons. The molecule has 1 aliphatic rings. The molecule has 1 fully saturated rings. The molecule has 0 aromatic carbocycles. The summed E-state index contributed by atoms with van der Waals surface area (Å²) in [5.74, 6) is -0.0170. The van der Waals surface area contributed by atoms with Crippen molar-refractivity contribution in [1.29, 1.82) is 0 Å². The van der Waals surface area contributed by atoms with Crippen LogP contribution in [0.2, 0.25) is 0 Å². The van der Waals surface area contributed by atoms with Crippen LogP contribution in [0, 0.1) is 19.8 Å². The van der Waals surface area contributed by atoms with Crippen LogP contribution in [0.4, 0.5) is 5.69 Å². The highest BCUT2D eigenvalue weighted by molar-refractivity contribution is 5.94. The van der Waals surface area contributed by atoms with Gasteiger partial charge in [-0.15, -0.1) is 0 Å². The first-order valence-electron chi connectivity index (χ1n) is 7.54. The van der Waals surface area contributed by atoms with Crippen molar-refractivity contribution in [2.75, 3.05) is 5.32 Å². The van der Waals surface area contributed by atoms with E-state index in [2.05, 4.69) is 24.3 Å². The van der Waals surface area contributed by atoms with Crippen molar-refractivity contribution in [2.24, 2.45) is 11.7 Å². The molecule has 0 saturated heterocycles. The Labute approximate surface area is 120 Å². The highest BCUT2D eigenvalue weighted by atomic mass is 16.1. The van der Waals surface area contributed by atoms with E-state index in [0.717, 1.165) is 42.8 Å². The first-order valence-corrected chi connectivity index (χ1v) is 7.54. The van der Waals surface area contributed by atoms with Crippen LogP contribution in [-0.4, -0.2) is 21.7 Å². The summed E-state index contributed by atoms with van der Waals surface area (Å²) >= 11 is 0. The van der Waals surface area contributed by atoms with Gasteiger partial charge in [0.05, 0.1) is 23.0 Å². The van der Waals surface area contributed by atoms with Crippen LogP contribution < -0.4 is 11.1 Å². The van der Waals surface area contributed by atoms with Crippen LogP contribution in [0.25, 0.3) is 0 Å². The van der Waals surface area contributed by atoms with E-state index in [4.69, 9.17) is 5.73 Å². The summed E-state index contributed by atoms with van der Waals surface area (Å²) in [5.41, 5.74) is 8.81. The Hall–Kier alpha value is -1.36. The molecule has 1 saturated carbocycles. The van der Waals surface area contributed by atoms with Crippen molar-refractivity contribution in [3.63, 3.8) is 0 Å². The largest absolute Gasteiger partial charge is 0.327 e. The lowest BCUT2D eigenvalue weighted by atomic mass is 9.84. The Balaban J connectivity index is 2.15. The van der Waals surface area contributed by atoms with E-state index in [-0.39, 0.29) is 23.9 Å². The van der Waals surface area contributed by atoms with Gasteiger partial charge in [0.15, 0.2) is 0 Å². The molecule has 2 atom stereocenters. The van der Waals surface area contributed by atoms with Gasteiger partial charge in [-0.1, -0.05) is 12.8 Å². The van der Waals surface area contributed by atoms with Gasteiger partial charge in [-0.3, -0.25) is 9.48 Å². The second-order valence-corrected chi connectivity index (χ2v) is 6.13. The molecule has 20 heavy (non-hydrogen) atoms. The molecule has 1 heterocycles. The second-order valence-electron chi connectivity index (χ2n) is 6.13. The summed E-state index contributed by atoms with van der Waals surface area (Å²) in [6.45, 7) is 8.10. The van der Waals surface area contributed by atoms with Crippen LogP contribution in [0.5, 0.6) is 0 Å². The smallest absolute Gasteiger partial charge is 0.229 e. The average molecular weight is 278 g/mol. The predicted molar refractivity (Wildman–Crippen MR) is 80.6 cm³/mol. The van der Waals surface area contributed by atoms with Gasteiger partial charge in [0, 0.05) is 12.1 Å². The molecule has 1 aromatic heterocycles. The van der Waals surface area contributed by atoms with E-state index >= 15 is 0 Å². The Morgan fingerprint density at radius 2 is 2.00 bits per heavy atom. The van der Waals surface area contributed by atoms with Crippen molar-refractivity contribution < 1.29 is 4.79 Å². The number of nitrogens with one attached hydrogen (secondary N) is 1. The van der Waals surface area contributed by atoms with Gasteiger partial charge < -0.3 is 11.1 Å². The van der Waals surface area contributed by atoms with Crippen LogP contribution in [0.3, 0.4) is 0 Å². The number of carbonyl (C=O) groups excluding carboxylic acids is 1. The molecule has 0 bridgehead atoms. The van der Waals surface area contributed by atoms with Gasteiger partial charge in [-0.25, -0.2) is 0 Å². The van der Waals surface area contributed by atoms with Crippen LogP contribution in [-0.2, 0) is 4.79 Å². The topological polar surface area (TPSA) is 72.9 Å². The minimum atomic E-state index is -0.0649. The lowest BCUT2D eigenvalue weighted by Gasteiger charge is -2.27. The van der Waals surface area contributed by atoms with Crippen molar-refractivity contribution in [2.45, 2.75) is 65.5 Å². The van der Waals surface area contributed by atoms with E-state index in [1.807, 2.05) is 18.5 Å². The van der Waals surface area contributed by atoms with E-state index in [9.17, 15) is 4.79 Å². The summed E-state index contributed by atoms with van der Waals surface area (Å²) in [4.78, 5) is 12.4. The Bertz CT molecular complexity index is 492. The number of aromatic nitrogens is 2. The number of nitrogens with two attached hydrogens (primary N) is 1. The predicted octanol–water partition coefficient (Wildman–Crippen LogP) is 2.54. The monoisotopic (exact) mass is 278 g/mol. The maximum Gasteiger partial charge on any atom is 0.229 e. The van der Waals surface area contributed by atoms with E-state index < -0.39 is 0 Å². The summed E-state index contributed by atoms with van der Waals surface area (Å²) in [7, 11) is 0. The van der Waals surface area contributed by atoms with Crippen LogP contribution in [0.1, 0.15) is 57.0 Å². The Kier molecular flexibility index (Phi) is 4.48. The molecule has 3 N–H and O–H groups in total. The van der Waals surface area contributed by atoms with Crippen molar-refractivity contribution in [3.05, 3.63) is 11.4 Å². The number of amides is 1. The molecule has 0 aliphatic heterocycles. The quantitative estimate of drug-likeness (QED) is 0.892. The molecular weight excluding hydrogens is 252 g/mol. The van der Waals surface area contributed by atoms with Crippen LogP contribution >= 0.6 is 0 Å². The number of anilines is 1. The Morgan fingerprint density at radius 1 is 1.35 bits per heavy atom. The molecule has 1 aliphatic carbocycles. The summed E-state index contributed by atoms with van der Waals surface area (Å²) in [6.07, 6.45) is 4.06. The molecule has 5 nitrogen and oxygen atoms in total. The summed E-state index contributed by atoms with van der Waals surface area (Å²) in [5, 5.41) is 7.55. The van der Waals surface area contributed by atoms with Crippen molar-refractivity contribution in [3.8, 4) is 0 Å². The molecule has 1 aromatic rings. The molecule has 2 unspecified atom stereocenters. The number of rotatable bonds is 3. The number of hydrogen-bond acceptors (Lipinski definition) is 3. The van der Waals surface area contributed by atoms with Gasteiger partial charge >= 0.3 is 0 Å². The van der Waals surface area contributed by atoms with Gasteiger partial charge in [-0.2, -0.15) is 5.10 Å². The molecule has 0 radical (unpaired) electrons. The fraction of sp³-hybridized carbons (Fsp3) is 0.733. The fourth-order valence-electron chi connectivity index (χ4n) is 3.05. The third-order valence-electron chi connectivity index (χ3n) is 4.22. The number of nitrogens with zero attached hydrogens (tertiary/aromatic N) is 2. The first-order chi connectivity index (χ1) is 9.41. The molecule has 5 heteroatoms. The summed E-state index contributed by atoms with van der Waals surface area (Å²) in [6, 6.07) is 0.279. The second kappa shape index (κ2) is 5.95. The molecule has 2 rings (SSSR count). The number of aryl methyl sites for hydroxylation is 1. The SMILES string of the molecule is Cc1nn(C(C)C)c(C)c1NC(=O)C1CCCCC1N. The van der Waals surface area contributed by atoms with Crippen molar-refractivity contribution in [1.82, 2.24) is 9.78 Å². The zero-order valence-electron chi connectivity index (χ0n) is 12.9. The molecule has 0 spiro atoms. The van der Waals surface area contributed by atoms with E-state index in [0.29, 0.717) is 0 Å². The Morgan fingerprint density at radius 3 is 2.55 bits per heavy atom. The number of hydrogen-bond donors (Lipinski definition) is 2. The molecular formula is C15H26N4O. The zero-order chi connectivity index (χ0) is 14.9. The third-order valence-corrected chi connectivity index (χ3v) is 4.22. The standard InChI is InChI=1S/C15H26N4O/c1-9(2)19-11(4)14(10(3)18-19)17-15(20)12-7-5-6-8-13(12)16/h9,12-13H,5-8,16H2,1-4H3,(H,17,20). The lowest BCUT2D eigenvalue weighted by Crippen LogP contribution is -2.40. The van der Waals surface area contributed by atoms with E-state index in [1.54, 1.807) is 0 Å². The number of carbonyl (C=O) groups is 1. The fourth-order valence-corrected chi connectivity index (χ4v) is 3.05. The van der Waals surface area contributed by atoms with E-state index in [1.165, 1.54) is 0 Å². The van der Waals surface area contributed by atoms with Gasteiger partial charge in [0.25, 0.3) is 0 Å². The minimum Gasteiger partial charge on any atom is -0.327 e.